The van der Waals surface area contributed by atoms with Crippen molar-refractivity contribution in [2.45, 2.75) is 26.3 Å². The summed E-state index contributed by atoms with van der Waals surface area (Å²) in [6.07, 6.45) is 1.08. The van der Waals surface area contributed by atoms with E-state index in [1.807, 2.05) is 0 Å². The fourth-order valence-corrected chi connectivity index (χ4v) is 2.84. The molecule has 0 saturated carbocycles. The Labute approximate surface area is 127 Å². The second kappa shape index (κ2) is 6.68. The van der Waals surface area contributed by atoms with E-state index in [9.17, 15) is 9.18 Å². The first-order valence-electron chi connectivity index (χ1n) is 6.94. The van der Waals surface area contributed by atoms with Crippen LogP contribution in [-0.2, 0) is 0 Å². The summed E-state index contributed by atoms with van der Waals surface area (Å²) in [4.78, 5) is 14.4. The van der Waals surface area contributed by atoms with Gasteiger partial charge in [0.05, 0.1) is 5.56 Å². The molecular formula is C15H20BrFN2O. The van der Waals surface area contributed by atoms with E-state index in [1.54, 1.807) is 6.07 Å². The van der Waals surface area contributed by atoms with Gasteiger partial charge < -0.3 is 10.2 Å². The molecule has 110 valence electrons. The molecule has 1 aliphatic heterocycles. The topological polar surface area (TPSA) is 32.3 Å². The predicted molar refractivity (Wildman–Crippen MR) is 81.2 cm³/mol. The second-order valence-corrected chi connectivity index (χ2v) is 6.49. The van der Waals surface area contributed by atoms with Gasteiger partial charge in [0.25, 0.3) is 5.91 Å². The molecule has 0 spiro atoms. The molecule has 3 nitrogen and oxygen atoms in total. The highest BCUT2D eigenvalue weighted by molar-refractivity contribution is 9.10. The highest BCUT2D eigenvalue weighted by atomic mass is 79.9. The zero-order chi connectivity index (χ0) is 14.7. The van der Waals surface area contributed by atoms with Crippen LogP contribution >= 0.6 is 15.9 Å². The Morgan fingerprint density at radius 1 is 1.55 bits per heavy atom. The molecule has 1 atom stereocenters. The molecule has 2 rings (SSSR count). The zero-order valence-corrected chi connectivity index (χ0v) is 13.4. The van der Waals surface area contributed by atoms with Gasteiger partial charge in [-0.15, -0.1) is 0 Å². The highest BCUT2D eigenvalue weighted by Gasteiger charge is 2.24. The van der Waals surface area contributed by atoms with E-state index in [1.165, 1.54) is 12.1 Å². The zero-order valence-electron chi connectivity index (χ0n) is 11.8. The van der Waals surface area contributed by atoms with Crippen molar-refractivity contribution in [3.8, 4) is 0 Å². The summed E-state index contributed by atoms with van der Waals surface area (Å²) >= 11 is 3.18. The lowest BCUT2D eigenvalue weighted by molar-refractivity contribution is 0.0943. The number of hydrogen-bond acceptors (Lipinski definition) is 2. The lowest BCUT2D eigenvalue weighted by atomic mass is 10.1. The maximum absolute atomic E-state index is 13.7. The molecule has 1 aliphatic rings. The molecule has 1 heterocycles. The second-order valence-electron chi connectivity index (χ2n) is 5.58. The standard InChI is InChI=1S/C15H20BrFN2O/c1-10(2)19-6-5-11(9-19)8-18-15(20)13-4-3-12(16)7-14(13)17/h3-4,7,10-11H,5-6,8-9H2,1-2H3,(H,18,20). The van der Waals surface area contributed by atoms with Crippen LogP contribution in [0.3, 0.4) is 0 Å². The predicted octanol–water partition coefficient (Wildman–Crippen LogP) is 3.05. The molecule has 0 aromatic heterocycles. The van der Waals surface area contributed by atoms with Crippen molar-refractivity contribution in [1.29, 1.82) is 0 Å². The summed E-state index contributed by atoms with van der Waals surface area (Å²) in [7, 11) is 0. The molecule has 1 N–H and O–H groups in total. The first-order chi connectivity index (χ1) is 9.47. The third kappa shape index (κ3) is 3.79. The number of benzene rings is 1. The van der Waals surface area contributed by atoms with Gasteiger partial charge in [0.15, 0.2) is 0 Å². The van der Waals surface area contributed by atoms with Crippen molar-refractivity contribution in [1.82, 2.24) is 10.2 Å². The van der Waals surface area contributed by atoms with Crippen LogP contribution in [0, 0.1) is 11.7 Å². The molecule has 0 aliphatic carbocycles. The van der Waals surface area contributed by atoms with Gasteiger partial charge in [-0.25, -0.2) is 4.39 Å². The monoisotopic (exact) mass is 342 g/mol. The third-order valence-corrected chi connectivity index (χ3v) is 4.27. The van der Waals surface area contributed by atoms with Crippen molar-refractivity contribution in [2.24, 2.45) is 5.92 Å². The van der Waals surface area contributed by atoms with Crippen LogP contribution in [0.5, 0.6) is 0 Å². The van der Waals surface area contributed by atoms with Crippen LogP contribution in [0.15, 0.2) is 22.7 Å². The fraction of sp³-hybridized carbons (Fsp3) is 0.533. The number of rotatable bonds is 4. The lowest BCUT2D eigenvalue weighted by Crippen LogP contribution is -2.33. The summed E-state index contributed by atoms with van der Waals surface area (Å²) in [6.45, 7) is 7.04. The minimum atomic E-state index is -0.493. The Hall–Kier alpha value is -0.940. The molecule has 20 heavy (non-hydrogen) atoms. The van der Waals surface area contributed by atoms with Crippen LogP contribution in [0.4, 0.5) is 4.39 Å². The Bertz CT molecular complexity index is 493. The van der Waals surface area contributed by atoms with E-state index in [2.05, 4.69) is 40.0 Å². The number of carbonyl (C=O) groups excluding carboxylic acids is 1. The summed E-state index contributed by atoms with van der Waals surface area (Å²) in [5, 5.41) is 2.84. The lowest BCUT2D eigenvalue weighted by Gasteiger charge is -2.20. The number of hydrogen-bond donors (Lipinski definition) is 1. The van der Waals surface area contributed by atoms with Gasteiger partial charge in [-0.05, 0) is 50.9 Å². The van der Waals surface area contributed by atoms with Gasteiger partial charge in [-0.3, -0.25) is 4.79 Å². The average Bonchev–Trinajstić information content (AvgIpc) is 2.85. The van der Waals surface area contributed by atoms with Gasteiger partial charge >= 0.3 is 0 Å². The Kier molecular flexibility index (Phi) is 5.16. The average molecular weight is 343 g/mol. The van der Waals surface area contributed by atoms with E-state index in [-0.39, 0.29) is 11.5 Å². The molecule has 0 bridgehead atoms. The van der Waals surface area contributed by atoms with Crippen molar-refractivity contribution in [3.05, 3.63) is 34.1 Å². The largest absolute Gasteiger partial charge is 0.352 e. The normalized spacial score (nSPS) is 19.6. The van der Waals surface area contributed by atoms with Crippen molar-refractivity contribution < 1.29 is 9.18 Å². The summed E-state index contributed by atoms with van der Waals surface area (Å²) in [5.74, 6) is -0.370. The summed E-state index contributed by atoms with van der Waals surface area (Å²) < 4.78 is 14.3. The van der Waals surface area contributed by atoms with Crippen molar-refractivity contribution in [2.75, 3.05) is 19.6 Å². The van der Waals surface area contributed by atoms with E-state index < -0.39 is 5.82 Å². The molecule has 1 unspecified atom stereocenters. The van der Waals surface area contributed by atoms with Gasteiger partial charge in [-0.1, -0.05) is 15.9 Å². The minimum Gasteiger partial charge on any atom is -0.352 e. The number of amides is 1. The SMILES string of the molecule is CC(C)N1CCC(CNC(=O)c2ccc(Br)cc2F)C1. The first kappa shape index (κ1) is 15.4. The molecule has 1 amide bonds. The van der Waals surface area contributed by atoms with Crippen LogP contribution < -0.4 is 5.32 Å². The number of nitrogens with one attached hydrogen (secondary N) is 1. The molecule has 1 aromatic rings. The van der Waals surface area contributed by atoms with E-state index in [0.29, 0.717) is 23.0 Å². The van der Waals surface area contributed by atoms with Crippen LogP contribution in [-0.4, -0.2) is 36.5 Å². The smallest absolute Gasteiger partial charge is 0.254 e. The summed E-state index contributed by atoms with van der Waals surface area (Å²) in [6, 6.07) is 5.03. The van der Waals surface area contributed by atoms with Gasteiger partial charge in [0, 0.05) is 23.6 Å². The third-order valence-electron chi connectivity index (χ3n) is 3.77. The molecule has 1 aromatic carbocycles. The van der Waals surface area contributed by atoms with Crippen molar-refractivity contribution in [3.63, 3.8) is 0 Å². The maximum atomic E-state index is 13.7. The van der Waals surface area contributed by atoms with Gasteiger partial charge in [-0.2, -0.15) is 0 Å². The quantitative estimate of drug-likeness (QED) is 0.911. The van der Waals surface area contributed by atoms with Gasteiger partial charge in [0.2, 0.25) is 0 Å². The van der Waals surface area contributed by atoms with E-state index in [4.69, 9.17) is 0 Å². The highest BCUT2D eigenvalue weighted by Crippen LogP contribution is 2.18. The Morgan fingerprint density at radius 3 is 2.90 bits per heavy atom. The first-order valence-corrected chi connectivity index (χ1v) is 7.74. The number of likely N-dealkylation sites (tertiary alicyclic amines) is 1. The molecule has 0 radical (unpaired) electrons. The molecular weight excluding hydrogens is 323 g/mol. The fourth-order valence-electron chi connectivity index (χ4n) is 2.50. The van der Waals surface area contributed by atoms with Gasteiger partial charge in [0.1, 0.15) is 5.82 Å². The minimum absolute atomic E-state index is 0.104. The van der Waals surface area contributed by atoms with Crippen molar-refractivity contribution >= 4 is 21.8 Å². The number of carbonyl (C=O) groups is 1. The Morgan fingerprint density at radius 2 is 2.30 bits per heavy atom. The van der Waals surface area contributed by atoms with E-state index >= 15 is 0 Å². The molecule has 5 heteroatoms. The number of halogens is 2. The summed E-state index contributed by atoms with van der Waals surface area (Å²) in [5.41, 5.74) is 0.104. The van der Waals surface area contributed by atoms with Crippen LogP contribution in [0.2, 0.25) is 0 Å². The maximum Gasteiger partial charge on any atom is 0.254 e. The van der Waals surface area contributed by atoms with Crippen LogP contribution in [0.1, 0.15) is 30.6 Å². The van der Waals surface area contributed by atoms with E-state index in [0.717, 1.165) is 19.5 Å². The molecule has 1 fully saturated rings. The Balaban J connectivity index is 1.87. The number of nitrogens with zero attached hydrogens (tertiary/aromatic N) is 1. The molecule has 1 saturated heterocycles. The van der Waals surface area contributed by atoms with Crippen LogP contribution in [0.25, 0.3) is 0 Å².